The fourth-order valence-corrected chi connectivity index (χ4v) is 4.13. The van der Waals surface area contributed by atoms with E-state index in [-0.39, 0.29) is 5.76 Å². The summed E-state index contributed by atoms with van der Waals surface area (Å²) in [6, 6.07) is 16.4. The molecule has 4 N–H and O–H groups in total. The molecule has 1 fully saturated rings. The molecule has 29 heavy (non-hydrogen) atoms. The Morgan fingerprint density at radius 2 is 1.93 bits per heavy atom. The normalized spacial score (nSPS) is 18.3. The summed E-state index contributed by atoms with van der Waals surface area (Å²) in [5, 5.41) is 14.5. The van der Waals surface area contributed by atoms with E-state index in [0.29, 0.717) is 23.3 Å². The monoisotopic (exact) mass is 410 g/mol. The zero-order valence-corrected chi connectivity index (χ0v) is 17.3. The van der Waals surface area contributed by atoms with Crippen molar-refractivity contribution in [1.29, 1.82) is 5.26 Å². The largest absolute Gasteiger partial charge is 0.419 e. The summed E-state index contributed by atoms with van der Waals surface area (Å²) in [5.74, 6) is -0.353. The van der Waals surface area contributed by atoms with Crippen molar-refractivity contribution < 1.29 is 4.42 Å². The Labute approximate surface area is 174 Å². The quantitative estimate of drug-likeness (QED) is 0.634. The predicted molar refractivity (Wildman–Crippen MR) is 118 cm³/mol. The van der Waals surface area contributed by atoms with Crippen molar-refractivity contribution in [1.82, 2.24) is 4.57 Å². The molecule has 4 rings (SSSR count). The van der Waals surface area contributed by atoms with Crippen LogP contribution in [0.5, 0.6) is 0 Å². The van der Waals surface area contributed by atoms with Gasteiger partial charge in [0.15, 0.2) is 5.58 Å². The number of benzene rings is 2. The van der Waals surface area contributed by atoms with Crippen molar-refractivity contribution >= 4 is 23.0 Å². The van der Waals surface area contributed by atoms with E-state index >= 15 is 0 Å². The van der Waals surface area contributed by atoms with E-state index in [1.165, 1.54) is 29.4 Å². The summed E-state index contributed by atoms with van der Waals surface area (Å²) >= 11 is 1.42. The molecule has 0 amide bonds. The maximum Gasteiger partial charge on any atom is 0.419 e. The third-order valence-corrected chi connectivity index (χ3v) is 6.22. The highest BCUT2D eigenvalue weighted by atomic mass is 32.2. The van der Waals surface area contributed by atoms with Gasteiger partial charge in [-0.3, -0.25) is 9.71 Å². The summed E-state index contributed by atoms with van der Waals surface area (Å²) in [6.45, 7) is 0. The molecule has 0 aliphatic heterocycles. The maximum atomic E-state index is 11.5. The van der Waals surface area contributed by atoms with Crippen LogP contribution in [0.15, 0.2) is 51.7 Å². The molecular formula is C22H26N4O2S. The van der Waals surface area contributed by atoms with Crippen LogP contribution in [-0.4, -0.2) is 15.9 Å². The zero-order chi connectivity index (χ0) is 20.8. The van der Waals surface area contributed by atoms with E-state index in [9.17, 15) is 4.79 Å². The highest BCUT2D eigenvalue weighted by Gasteiger charge is 2.22. The average molecular weight is 411 g/mol. The summed E-state index contributed by atoms with van der Waals surface area (Å²) in [4.78, 5) is 11.5. The van der Waals surface area contributed by atoms with Crippen molar-refractivity contribution in [3.05, 3.63) is 58.6 Å². The van der Waals surface area contributed by atoms with E-state index in [1.54, 1.807) is 7.05 Å². The van der Waals surface area contributed by atoms with E-state index in [1.807, 2.05) is 42.5 Å². The predicted octanol–water partition coefficient (Wildman–Crippen LogP) is 3.73. The molecule has 1 aromatic heterocycles. The van der Waals surface area contributed by atoms with Crippen LogP contribution in [-0.2, 0) is 13.5 Å². The molecule has 1 heterocycles. The van der Waals surface area contributed by atoms with Gasteiger partial charge in [0.05, 0.1) is 11.6 Å². The number of nitrogens with two attached hydrogens (primary N) is 2. The van der Waals surface area contributed by atoms with Crippen LogP contribution < -0.4 is 16.6 Å². The van der Waals surface area contributed by atoms with Gasteiger partial charge in [0.25, 0.3) is 0 Å². The lowest BCUT2D eigenvalue weighted by atomic mass is 10.0. The smallest absolute Gasteiger partial charge is 0.408 e. The molecule has 3 aromatic rings. The Morgan fingerprint density at radius 3 is 2.52 bits per heavy atom. The third-order valence-electron chi connectivity index (χ3n) is 5.28. The molecule has 7 heteroatoms. The number of oxazole rings is 1. The highest BCUT2D eigenvalue weighted by Crippen LogP contribution is 2.25. The Hall–Kier alpha value is -2.53. The van der Waals surface area contributed by atoms with E-state index in [0.717, 1.165) is 35.0 Å². The number of nitriles is 1. The first-order chi connectivity index (χ1) is 14.0. The second-order valence-electron chi connectivity index (χ2n) is 7.23. The van der Waals surface area contributed by atoms with Gasteiger partial charge in [-0.25, -0.2) is 4.79 Å². The first-order valence-electron chi connectivity index (χ1n) is 9.70. The maximum absolute atomic E-state index is 11.5. The molecule has 0 spiro atoms. The lowest BCUT2D eigenvalue weighted by Crippen LogP contribution is -2.27. The molecule has 2 aromatic carbocycles. The lowest BCUT2D eigenvalue weighted by Gasteiger charge is -2.09. The van der Waals surface area contributed by atoms with Gasteiger partial charge in [-0.05, 0) is 48.1 Å². The van der Waals surface area contributed by atoms with Crippen molar-refractivity contribution in [3.63, 3.8) is 0 Å². The van der Waals surface area contributed by atoms with E-state index in [2.05, 4.69) is 6.07 Å². The van der Waals surface area contributed by atoms with Gasteiger partial charge < -0.3 is 10.2 Å². The Balaban J connectivity index is 0.000000252. The van der Waals surface area contributed by atoms with Crippen molar-refractivity contribution in [3.8, 4) is 17.2 Å². The molecule has 6 nitrogen and oxygen atoms in total. The number of hydrogen-bond donors (Lipinski definition) is 2. The molecule has 2 unspecified atom stereocenters. The van der Waals surface area contributed by atoms with Crippen molar-refractivity contribution in [2.45, 2.75) is 43.4 Å². The number of hydrogen-bond acceptors (Lipinski definition) is 6. The second kappa shape index (κ2) is 9.79. The average Bonchev–Trinajstić information content (AvgIpc) is 3.29. The first-order valence-corrected chi connectivity index (χ1v) is 10.6. The number of rotatable bonds is 4. The zero-order valence-electron chi connectivity index (χ0n) is 16.5. The topological polar surface area (TPSA) is 111 Å². The van der Waals surface area contributed by atoms with Crippen molar-refractivity contribution in [2.24, 2.45) is 17.9 Å². The van der Waals surface area contributed by atoms with Crippen LogP contribution in [0.2, 0.25) is 0 Å². The number of fused-ring (bicyclic) bond motifs is 1. The summed E-state index contributed by atoms with van der Waals surface area (Å²) in [5.41, 5.74) is 10.3. The third kappa shape index (κ3) is 5.10. The van der Waals surface area contributed by atoms with Gasteiger partial charge in [-0.15, -0.1) is 0 Å². The van der Waals surface area contributed by atoms with Gasteiger partial charge in [0.1, 0.15) is 0 Å². The molecule has 0 radical (unpaired) electrons. The minimum absolute atomic E-state index is 0.353. The number of aromatic nitrogens is 1. The van der Waals surface area contributed by atoms with Gasteiger partial charge in [-0.1, -0.05) is 48.7 Å². The van der Waals surface area contributed by atoms with Crippen LogP contribution in [0.3, 0.4) is 0 Å². The second-order valence-corrected chi connectivity index (χ2v) is 8.11. The van der Waals surface area contributed by atoms with Gasteiger partial charge >= 0.3 is 5.76 Å². The Bertz CT molecular complexity index is 1050. The number of nitrogens with zero attached hydrogens (tertiary/aromatic N) is 2. The van der Waals surface area contributed by atoms with Crippen LogP contribution >= 0.6 is 11.9 Å². The van der Waals surface area contributed by atoms with Crippen LogP contribution in [0, 0.1) is 11.3 Å². The highest BCUT2D eigenvalue weighted by molar-refractivity contribution is 7.97. The van der Waals surface area contributed by atoms with E-state index < -0.39 is 0 Å². The SMILES string of the molecule is Cn1c(=O)oc2ccc(-c3ccc(CCC#N)cc3)cc21.NSC1CCCC1N. The number of aryl methyl sites for hydroxylation is 2. The minimum Gasteiger partial charge on any atom is -0.408 e. The fraction of sp³-hybridized carbons (Fsp3) is 0.364. The van der Waals surface area contributed by atoms with E-state index in [4.69, 9.17) is 20.6 Å². The molecule has 2 atom stereocenters. The molecule has 0 bridgehead atoms. The standard InChI is InChI=1S/C17H14N2O2.C5H12N2S/c1-19-15-11-14(8-9-16(15)21-17(19)20)13-6-4-12(5-7-13)3-2-10-18;6-4-2-1-3-5(4)8-7/h4-9,11H,2-3H2,1H3;4-5H,1-3,6-7H2. The van der Waals surface area contributed by atoms with Crippen LogP contribution in [0.1, 0.15) is 31.2 Å². The Morgan fingerprint density at radius 1 is 1.21 bits per heavy atom. The molecule has 1 saturated carbocycles. The van der Waals surface area contributed by atoms with Gasteiger partial charge in [0.2, 0.25) is 0 Å². The molecule has 1 aliphatic carbocycles. The lowest BCUT2D eigenvalue weighted by molar-refractivity contribution is 0.528. The summed E-state index contributed by atoms with van der Waals surface area (Å²) in [6.07, 6.45) is 4.93. The van der Waals surface area contributed by atoms with Crippen LogP contribution in [0.25, 0.3) is 22.2 Å². The summed E-state index contributed by atoms with van der Waals surface area (Å²) < 4.78 is 6.63. The first kappa shape index (κ1) is 21.2. The fourth-order valence-electron chi connectivity index (χ4n) is 3.49. The molecule has 1 aliphatic rings. The van der Waals surface area contributed by atoms with Gasteiger partial charge in [-0.2, -0.15) is 5.26 Å². The molecular weight excluding hydrogens is 384 g/mol. The summed E-state index contributed by atoms with van der Waals surface area (Å²) in [7, 11) is 1.70. The molecule has 152 valence electrons. The van der Waals surface area contributed by atoms with Gasteiger partial charge in [0, 0.05) is 24.8 Å². The minimum atomic E-state index is -0.353. The van der Waals surface area contributed by atoms with Crippen molar-refractivity contribution in [2.75, 3.05) is 0 Å². The molecule has 0 saturated heterocycles. The van der Waals surface area contributed by atoms with Crippen LogP contribution in [0.4, 0.5) is 0 Å². The Kier molecular flexibility index (Phi) is 7.15.